The number of rotatable bonds is 5. The van der Waals surface area contributed by atoms with E-state index < -0.39 is 0 Å². The van der Waals surface area contributed by atoms with E-state index in [1.165, 1.54) is 7.11 Å². The summed E-state index contributed by atoms with van der Waals surface area (Å²) in [6, 6.07) is 7.03. The van der Waals surface area contributed by atoms with E-state index in [1.54, 1.807) is 30.5 Å². The van der Waals surface area contributed by atoms with Crippen LogP contribution in [0.25, 0.3) is 0 Å². The van der Waals surface area contributed by atoms with Crippen LogP contribution in [-0.2, 0) is 0 Å². The average molecular weight is 319 g/mol. The fraction of sp³-hybridized carbons (Fsp3) is 0.267. The Balaban J connectivity index is 1.72. The van der Waals surface area contributed by atoms with Crippen LogP contribution in [0.4, 0.5) is 11.6 Å². The highest BCUT2D eigenvalue weighted by molar-refractivity contribution is 6.32. The predicted molar refractivity (Wildman–Crippen MR) is 84.6 cm³/mol. The van der Waals surface area contributed by atoms with E-state index in [0.29, 0.717) is 34.1 Å². The Hall–Kier alpha value is -2.34. The minimum atomic E-state index is -0.317. The van der Waals surface area contributed by atoms with Crippen LogP contribution < -0.4 is 15.4 Å². The number of nitrogens with one attached hydrogen (secondary N) is 2. The number of ether oxygens (including phenoxy) is 1. The van der Waals surface area contributed by atoms with Gasteiger partial charge < -0.3 is 15.4 Å². The first-order chi connectivity index (χ1) is 10.7. The van der Waals surface area contributed by atoms with Gasteiger partial charge in [-0.05, 0) is 37.1 Å². The highest BCUT2D eigenvalue weighted by Gasteiger charge is 2.22. The summed E-state index contributed by atoms with van der Waals surface area (Å²) >= 11 is 6.04. The Morgan fingerprint density at radius 2 is 2.18 bits per heavy atom. The number of amides is 1. The van der Waals surface area contributed by atoms with E-state index in [-0.39, 0.29) is 5.91 Å². The molecule has 0 aliphatic heterocycles. The zero-order valence-corrected chi connectivity index (χ0v) is 12.7. The first-order valence-electron chi connectivity index (χ1n) is 6.90. The molecule has 3 rings (SSSR count). The van der Waals surface area contributed by atoms with Gasteiger partial charge in [0.2, 0.25) is 5.95 Å². The largest absolute Gasteiger partial charge is 0.495 e. The number of carbonyl (C=O) groups is 1. The number of carbonyl (C=O) groups excluding carboxylic acids is 1. The monoisotopic (exact) mass is 318 g/mol. The number of benzene rings is 1. The molecule has 0 spiro atoms. The second kappa shape index (κ2) is 6.19. The van der Waals surface area contributed by atoms with Gasteiger partial charge in [0.05, 0.1) is 12.1 Å². The molecule has 2 aromatic rings. The summed E-state index contributed by atoms with van der Waals surface area (Å²) in [4.78, 5) is 20.5. The van der Waals surface area contributed by atoms with Crippen molar-refractivity contribution in [3.63, 3.8) is 0 Å². The Morgan fingerprint density at radius 3 is 2.86 bits per heavy atom. The SMILES string of the molecule is COc1ccc(NC(=O)c2ccnc(NC3CC3)n2)cc1Cl. The zero-order chi connectivity index (χ0) is 15.5. The average Bonchev–Trinajstić information content (AvgIpc) is 3.32. The van der Waals surface area contributed by atoms with Crippen molar-refractivity contribution in [1.29, 1.82) is 0 Å². The molecule has 0 unspecified atom stereocenters. The molecular formula is C15H15ClN4O2. The number of hydrogen-bond donors (Lipinski definition) is 2. The van der Waals surface area contributed by atoms with Gasteiger partial charge in [-0.3, -0.25) is 4.79 Å². The molecule has 1 aliphatic carbocycles. The molecular weight excluding hydrogens is 304 g/mol. The fourth-order valence-electron chi connectivity index (χ4n) is 1.90. The molecule has 22 heavy (non-hydrogen) atoms. The fourth-order valence-corrected chi connectivity index (χ4v) is 2.16. The quantitative estimate of drug-likeness (QED) is 0.886. The molecule has 0 saturated heterocycles. The molecule has 7 heteroatoms. The third-order valence-corrected chi connectivity index (χ3v) is 3.50. The van der Waals surface area contributed by atoms with Gasteiger partial charge >= 0.3 is 0 Å². The molecule has 1 aromatic carbocycles. The smallest absolute Gasteiger partial charge is 0.274 e. The predicted octanol–water partition coefficient (Wildman–Crippen LogP) is 2.97. The lowest BCUT2D eigenvalue weighted by Crippen LogP contribution is -2.15. The second-order valence-electron chi connectivity index (χ2n) is 4.99. The molecule has 1 aliphatic rings. The topological polar surface area (TPSA) is 76.1 Å². The number of anilines is 2. The van der Waals surface area contributed by atoms with Crippen LogP contribution in [-0.4, -0.2) is 29.0 Å². The maximum absolute atomic E-state index is 12.2. The van der Waals surface area contributed by atoms with E-state index in [1.807, 2.05) is 0 Å². The van der Waals surface area contributed by atoms with Crippen LogP contribution in [0.1, 0.15) is 23.3 Å². The summed E-state index contributed by atoms with van der Waals surface area (Å²) in [6.07, 6.45) is 3.79. The molecule has 1 heterocycles. The van der Waals surface area contributed by atoms with Crippen LogP contribution in [0.15, 0.2) is 30.5 Å². The number of aromatic nitrogens is 2. The summed E-state index contributed by atoms with van der Waals surface area (Å²) in [6.45, 7) is 0. The van der Waals surface area contributed by atoms with Crippen molar-refractivity contribution in [2.45, 2.75) is 18.9 Å². The number of methoxy groups -OCH3 is 1. The van der Waals surface area contributed by atoms with Crippen molar-refractivity contribution in [2.75, 3.05) is 17.7 Å². The lowest BCUT2D eigenvalue weighted by atomic mass is 10.3. The summed E-state index contributed by atoms with van der Waals surface area (Å²) in [5.74, 6) is 0.711. The van der Waals surface area contributed by atoms with E-state index in [2.05, 4.69) is 20.6 Å². The Bertz CT molecular complexity index is 704. The van der Waals surface area contributed by atoms with Crippen molar-refractivity contribution in [3.05, 3.63) is 41.2 Å². The summed E-state index contributed by atoms with van der Waals surface area (Å²) in [7, 11) is 1.54. The van der Waals surface area contributed by atoms with Gasteiger partial charge in [0, 0.05) is 17.9 Å². The molecule has 6 nitrogen and oxygen atoms in total. The van der Waals surface area contributed by atoms with E-state index in [0.717, 1.165) is 12.8 Å². The molecule has 0 atom stereocenters. The van der Waals surface area contributed by atoms with Gasteiger partial charge in [-0.1, -0.05) is 11.6 Å². The zero-order valence-electron chi connectivity index (χ0n) is 12.0. The number of halogens is 1. The summed E-state index contributed by atoms with van der Waals surface area (Å²) in [5, 5.41) is 6.34. The van der Waals surface area contributed by atoms with Crippen molar-refractivity contribution < 1.29 is 9.53 Å². The maximum atomic E-state index is 12.2. The van der Waals surface area contributed by atoms with Crippen LogP contribution in [0.2, 0.25) is 5.02 Å². The van der Waals surface area contributed by atoms with Crippen LogP contribution in [0, 0.1) is 0 Å². The first-order valence-corrected chi connectivity index (χ1v) is 7.28. The molecule has 0 bridgehead atoms. The Morgan fingerprint density at radius 1 is 1.36 bits per heavy atom. The summed E-state index contributed by atoms with van der Waals surface area (Å²) < 4.78 is 5.07. The van der Waals surface area contributed by atoms with Gasteiger partial charge in [0.1, 0.15) is 11.4 Å². The lowest BCUT2D eigenvalue weighted by molar-refractivity contribution is 0.102. The Labute approximate surface area is 132 Å². The van der Waals surface area contributed by atoms with Crippen LogP contribution >= 0.6 is 11.6 Å². The minimum absolute atomic E-state index is 0.296. The second-order valence-corrected chi connectivity index (χ2v) is 5.39. The summed E-state index contributed by atoms with van der Waals surface area (Å²) in [5.41, 5.74) is 0.871. The van der Waals surface area contributed by atoms with Gasteiger partial charge in [0.25, 0.3) is 5.91 Å². The van der Waals surface area contributed by atoms with Crippen molar-refractivity contribution in [3.8, 4) is 5.75 Å². The first kappa shape index (κ1) is 14.6. The molecule has 1 aromatic heterocycles. The highest BCUT2D eigenvalue weighted by atomic mass is 35.5. The van der Waals surface area contributed by atoms with E-state index in [9.17, 15) is 4.79 Å². The molecule has 2 N–H and O–H groups in total. The minimum Gasteiger partial charge on any atom is -0.495 e. The third kappa shape index (κ3) is 3.46. The van der Waals surface area contributed by atoms with E-state index >= 15 is 0 Å². The van der Waals surface area contributed by atoms with Gasteiger partial charge in [-0.25, -0.2) is 9.97 Å². The van der Waals surface area contributed by atoms with Crippen molar-refractivity contribution in [2.24, 2.45) is 0 Å². The van der Waals surface area contributed by atoms with Crippen molar-refractivity contribution in [1.82, 2.24) is 9.97 Å². The number of nitrogens with zero attached hydrogens (tertiary/aromatic N) is 2. The standard InChI is InChI=1S/C15H15ClN4O2/c1-22-13-5-4-10(8-11(13)16)18-14(21)12-6-7-17-15(20-12)19-9-2-3-9/h4-9H,2-3H2,1H3,(H,18,21)(H,17,19,20). The van der Waals surface area contributed by atoms with Crippen molar-refractivity contribution >= 4 is 29.1 Å². The number of hydrogen-bond acceptors (Lipinski definition) is 5. The highest BCUT2D eigenvalue weighted by Crippen LogP contribution is 2.27. The van der Waals surface area contributed by atoms with Gasteiger partial charge in [0.15, 0.2) is 0 Å². The molecule has 1 amide bonds. The molecule has 1 saturated carbocycles. The maximum Gasteiger partial charge on any atom is 0.274 e. The molecule has 1 fully saturated rings. The molecule has 114 valence electrons. The van der Waals surface area contributed by atoms with E-state index in [4.69, 9.17) is 16.3 Å². The lowest BCUT2D eigenvalue weighted by Gasteiger charge is -2.08. The third-order valence-electron chi connectivity index (χ3n) is 3.21. The normalized spacial score (nSPS) is 13.5. The van der Waals surface area contributed by atoms with Crippen LogP contribution in [0.5, 0.6) is 5.75 Å². The van der Waals surface area contributed by atoms with Gasteiger partial charge in [-0.15, -0.1) is 0 Å². The Kier molecular flexibility index (Phi) is 4.11. The van der Waals surface area contributed by atoms with Gasteiger partial charge in [-0.2, -0.15) is 0 Å². The van der Waals surface area contributed by atoms with Crippen LogP contribution in [0.3, 0.4) is 0 Å². The molecule has 0 radical (unpaired) electrons.